The molecule has 1 fully saturated rings. The van der Waals surface area contributed by atoms with Gasteiger partial charge in [-0.3, -0.25) is 19.0 Å². The third-order valence-electron chi connectivity index (χ3n) is 4.76. The molecule has 4 rings (SSSR count). The molecule has 154 valence electrons. The summed E-state index contributed by atoms with van der Waals surface area (Å²) in [6.45, 7) is 0.323. The summed E-state index contributed by atoms with van der Waals surface area (Å²) in [5.74, 6) is -1.18. The van der Waals surface area contributed by atoms with E-state index in [0.29, 0.717) is 29.9 Å². The first-order valence-electron chi connectivity index (χ1n) is 9.47. The Kier molecular flexibility index (Phi) is 5.53. The Labute approximate surface area is 170 Å². The minimum Gasteiger partial charge on any atom is -0.368 e. The first-order chi connectivity index (χ1) is 14.5. The van der Waals surface area contributed by atoms with Gasteiger partial charge in [0.15, 0.2) is 0 Å². The predicted octanol–water partition coefficient (Wildman–Crippen LogP) is 2.29. The molecule has 2 aromatic carbocycles. The fourth-order valence-electron chi connectivity index (χ4n) is 3.24. The summed E-state index contributed by atoms with van der Waals surface area (Å²) >= 11 is 0. The number of rotatable bonds is 5. The maximum atomic E-state index is 13.4. The third kappa shape index (κ3) is 4.36. The van der Waals surface area contributed by atoms with E-state index >= 15 is 0 Å². The van der Waals surface area contributed by atoms with Gasteiger partial charge in [-0.05, 0) is 55.3 Å². The quantitative estimate of drug-likeness (QED) is 0.672. The van der Waals surface area contributed by atoms with Crippen molar-refractivity contribution in [2.75, 3.05) is 17.2 Å². The van der Waals surface area contributed by atoms with Crippen LogP contribution in [0.5, 0.6) is 0 Å². The number of anilines is 2. The Morgan fingerprint density at radius 2 is 1.87 bits per heavy atom. The smallest absolute Gasteiger partial charge is 0.261 e. The van der Waals surface area contributed by atoms with Gasteiger partial charge in [-0.1, -0.05) is 0 Å². The molecule has 2 amide bonds. The minimum atomic E-state index is -0.546. The summed E-state index contributed by atoms with van der Waals surface area (Å²) in [5, 5.41) is 5.56. The van der Waals surface area contributed by atoms with Crippen molar-refractivity contribution in [3.63, 3.8) is 0 Å². The average Bonchev–Trinajstić information content (AvgIpc) is 3.27. The number of aromatic nitrogens is 2. The van der Waals surface area contributed by atoms with Crippen LogP contribution in [-0.4, -0.2) is 34.1 Å². The molecule has 1 aliphatic heterocycles. The van der Waals surface area contributed by atoms with E-state index in [-0.39, 0.29) is 17.8 Å². The molecule has 9 heteroatoms. The Hall–Kier alpha value is -3.59. The van der Waals surface area contributed by atoms with Crippen LogP contribution in [0.3, 0.4) is 0 Å². The Balaban J connectivity index is 1.39. The lowest BCUT2D eigenvalue weighted by Crippen LogP contribution is -2.28. The highest BCUT2D eigenvalue weighted by Crippen LogP contribution is 2.17. The minimum absolute atomic E-state index is 0.108. The highest BCUT2D eigenvalue weighted by atomic mass is 19.1. The van der Waals surface area contributed by atoms with Gasteiger partial charge >= 0.3 is 0 Å². The van der Waals surface area contributed by atoms with Crippen LogP contribution < -0.4 is 16.2 Å². The van der Waals surface area contributed by atoms with Gasteiger partial charge in [0.1, 0.15) is 18.5 Å². The summed E-state index contributed by atoms with van der Waals surface area (Å²) in [6.07, 6.45) is 2.40. The van der Waals surface area contributed by atoms with Crippen molar-refractivity contribution in [1.29, 1.82) is 0 Å². The van der Waals surface area contributed by atoms with Crippen LogP contribution in [0.4, 0.5) is 15.8 Å². The van der Waals surface area contributed by atoms with Gasteiger partial charge in [0.25, 0.3) is 11.5 Å². The molecule has 1 atom stereocenters. The zero-order valence-corrected chi connectivity index (χ0v) is 15.9. The van der Waals surface area contributed by atoms with E-state index in [1.54, 1.807) is 24.3 Å². The molecule has 0 spiro atoms. The molecule has 0 saturated carbocycles. The molecular formula is C21H19FN4O4. The van der Waals surface area contributed by atoms with E-state index in [4.69, 9.17) is 4.74 Å². The second-order valence-electron chi connectivity index (χ2n) is 6.96. The average molecular weight is 410 g/mol. The topological polar surface area (TPSA) is 102 Å². The molecule has 30 heavy (non-hydrogen) atoms. The number of nitrogens with zero attached hydrogens (tertiary/aromatic N) is 2. The van der Waals surface area contributed by atoms with Crippen molar-refractivity contribution in [3.05, 3.63) is 65.0 Å². The Bertz CT molecular complexity index is 1150. The van der Waals surface area contributed by atoms with Crippen LogP contribution in [0.1, 0.15) is 12.8 Å². The normalized spacial score (nSPS) is 15.8. The lowest BCUT2D eigenvalue weighted by Gasteiger charge is -2.11. The number of benzene rings is 2. The van der Waals surface area contributed by atoms with Crippen LogP contribution >= 0.6 is 0 Å². The first kappa shape index (κ1) is 19.7. The highest BCUT2D eigenvalue weighted by Gasteiger charge is 2.23. The number of hydrogen-bond donors (Lipinski definition) is 2. The van der Waals surface area contributed by atoms with Crippen LogP contribution in [-0.2, 0) is 20.9 Å². The van der Waals surface area contributed by atoms with Crippen molar-refractivity contribution >= 4 is 34.1 Å². The second-order valence-corrected chi connectivity index (χ2v) is 6.96. The molecule has 8 nitrogen and oxygen atoms in total. The molecule has 0 aliphatic carbocycles. The molecule has 0 bridgehead atoms. The summed E-state index contributed by atoms with van der Waals surface area (Å²) in [7, 11) is 0. The van der Waals surface area contributed by atoms with Gasteiger partial charge in [-0.25, -0.2) is 9.37 Å². The number of amides is 2. The monoisotopic (exact) mass is 410 g/mol. The summed E-state index contributed by atoms with van der Waals surface area (Å²) < 4.78 is 19.9. The molecule has 0 radical (unpaired) electrons. The van der Waals surface area contributed by atoms with Crippen LogP contribution in [0.2, 0.25) is 0 Å². The van der Waals surface area contributed by atoms with E-state index in [1.807, 2.05) is 0 Å². The zero-order chi connectivity index (χ0) is 21.1. The van der Waals surface area contributed by atoms with Crippen LogP contribution in [0.15, 0.2) is 53.6 Å². The first-order valence-corrected chi connectivity index (χ1v) is 9.47. The summed E-state index contributed by atoms with van der Waals surface area (Å²) in [6, 6.07) is 10.3. The van der Waals surface area contributed by atoms with Crippen molar-refractivity contribution in [1.82, 2.24) is 9.55 Å². The second kappa shape index (κ2) is 8.42. The van der Waals surface area contributed by atoms with Crippen molar-refractivity contribution in [2.45, 2.75) is 25.5 Å². The number of hydrogen-bond acceptors (Lipinski definition) is 5. The van der Waals surface area contributed by atoms with Crippen molar-refractivity contribution in [2.24, 2.45) is 0 Å². The third-order valence-corrected chi connectivity index (χ3v) is 4.76. The van der Waals surface area contributed by atoms with E-state index < -0.39 is 23.4 Å². The lowest BCUT2D eigenvalue weighted by molar-refractivity contribution is -0.124. The molecule has 1 unspecified atom stereocenters. The number of ether oxygens (including phenoxy) is 1. The van der Waals surface area contributed by atoms with Gasteiger partial charge in [-0.2, -0.15) is 0 Å². The number of fused-ring (bicyclic) bond motifs is 1. The fourth-order valence-corrected chi connectivity index (χ4v) is 3.24. The van der Waals surface area contributed by atoms with Gasteiger partial charge < -0.3 is 15.4 Å². The molecular weight excluding hydrogens is 391 g/mol. The summed E-state index contributed by atoms with van der Waals surface area (Å²) in [5.41, 5.74) is 0.953. The number of carbonyl (C=O) groups excluding carboxylic acids is 2. The van der Waals surface area contributed by atoms with Crippen molar-refractivity contribution in [3.8, 4) is 0 Å². The lowest BCUT2D eigenvalue weighted by atomic mass is 10.2. The molecule has 1 aromatic heterocycles. The highest BCUT2D eigenvalue weighted by molar-refractivity contribution is 5.95. The van der Waals surface area contributed by atoms with Crippen LogP contribution in [0.25, 0.3) is 10.9 Å². The largest absolute Gasteiger partial charge is 0.368 e. The maximum Gasteiger partial charge on any atom is 0.261 e. The SMILES string of the molecule is O=C(Cn1cnc2ccc(F)cc2c1=O)Nc1ccc(NC(=O)C2CCCO2)cc1. The van der Waals surface area contributed by atoms with Gasteiger partial charge in [-0.15, -0.1) is 0 Å². The van der Waals surface area contributed by atoms with E-state index in [0.717, 1.165) is 17.1 Å². The molecule has 2 heterocycles. The molecule has 2 N–H and O–H groups in total. The number of carbonyl (C=O) groups is 2. The van der Waals surface area contributed by atoms with E-state index in [1.165, 1.54) is 18.5 Å². The number of nitrogens with one attached hydrogen (secondary N) is 2. The van der Waals surface area contributed by atoms with Crippen LogP contribution in [0, 0.1) is 5.82 Å². The number of halogens is 1. The zero-order valence-electron chi connectivity index (χ0n) is 15.9. The van der Waals surface area contributed by atoms with Gasteiger partial charge in [0.05, 0.1) is 17.2 Å². The van der Waals surface area contributed by atoms with Gasteiger partial charge in [0, 0.05) is 18.0 Å². The standard InChI is InChI=1S/C21H19FN4O4/c22-13-3-8-17-16(10-13)21(29)26(12-23-17)11-19(27)24-14-4-6-15(7-5-14)25-20(28)18-2-1-9-30-18/h3-8,10,12,18H,1-2,9,11H2,(H,24,27)(H,25,28). The van der Waals surface area contributed by atoms with Gasteiger partial charge in [0.2, 0.25) is 5.91 Å². The van der Waals surface area contributed by atoms with E-state index in [2.05, 4.69) is 15.6 Å². The molecule has 3 aromatic rings. The molecule has 1 aliphatic rings. The molecule has 1 saturated heterocycles. The Morgan fingerprint density at radius 3 is 2.57 bits per heavy atom. The fraction of sp³-hybridized carbons (Fsp3) is 0.238. The Morgan fingerprint density at radius 1 is 1.13 bits per heavy atom. The maximum absolute atomic E-state index is 13.4. The van der Waals surface area contributed by atoms with E-state index in [9.17, 15) is 18.8 Å². The summed E-state index contributed by atoms with van der Waals surface area (Å²) in [4.78, 5) is 40.9. The van der Waals surface area contributed by atoms with Crippen molar-refractivity contribution < 1.29 is 18.7 Å². The predicted molar refractivity (Wildman–Crippen MR) is 109 cm³/mol.